The van der Waals surface area contributed by atoms with E-state index in [4.69, 9.17) is 4.42 Å². The summed E-state index contributed by atoms with van der Waals surface area (Å²) in [5.41, 5.74) is 12.9. The van der Waals surface area contributed by atoms with Crippen LogP contribution in [0, 0.1) is 0 Å². The first-order valence-corrected chi connectivity index (χ1v) is 15.6. The lowest BCUT2D eigenvalue weighted by Gasteiger charge is -2.28. The Bertz CT molecular complexity index is 2400. The Morgan fingerprint density at radius 3 is 2.02 bits per heavy atom. The lowest BCUT2D eigenvalue weighted by Crippen LogP contribution is -2.16. The molecule has 9 rings (SSSR count). The largest absolute Gasteiger partial charge is 0.456 e. The van der Waals surface area contributed by atoms with Crippen LogP contribution in [0.5, 0.6) is 0 Å². The SMILES string of the molecule is CC1(C)c2cc(N(c3ccccc3)c3ccc4cc(-c5ccccc5)ccc4c3)ccc2-c2c1ccc1oc3ccccc3c21. The van der Waals surface area contributed by atoms with Crippen LogP contribution in [0.1, 0.15) is 25.0 Å². The van der Waals surface area contributed by atoms with Gasteiger partial charge in [-0.2, -0.15) is 0 Å². The van der Waals surface area contributed by atoms with Gasteiger partial charge in [-0.25, -0.2) is 0 Å². The van der Waals surface area contributed by atoms with Gasteiger partial charge in [0.15, 0.2) is 0 Å². The topological polar surface area (TPSA) is 16.4 Å². The van der Waals surface area contributed by atoms with Gasteiger partial charge in [0.25, 0.3) is 0 Å². The maximum atomic E-state index is 6.30. The monoisotopic (exact) mass is 577 g/mol. The second kappa shape index (κ2) is 9.70. The third-order valence-corrected chi connectivity index (χ3v) is 9.62. The quantitative estimate of drug-likeness (QED) is 0.207. The van der Waals surface area contributed by atoms with Gasteiger partial charge in [-0.15, -0.1) is 0 Å². The lowest BCUT2D eigenvalue weighted by molar-refractivity contribution is 0.656. The molecule has 0 N–H and O–H groups in total. The summed E-state index contributed by atoms with van der Waals surface area (Å²) in [5, 5.41) is 4.84. The minimum absolute atomic E-state index is 0.160. The zero-order valence-electron chi connectivity index (χ0n) is 25.3. The average molecular weight is 578 g/mol. The van der Waals surface area contributed by atoms with Crippen molar-refractivity contribution in [2.24, 2.45) is 0 Å². The highest BCUT2D eigenvalue weighted by Crippen LogP contribution is 2.54. The van der Waals surface area contributed by atoms with Crippen molar-refractivity contribution in [2.45, 2.75) is 19.3 Å². The minimum Gasteiger partial charge on any atom is -0.456 e. The van der Waals surface area contributed by atoms with Crippen LogP contribution in [-0.4, -0.2) is 0 Å². The van der Waals surface area contributed by atoms with Crippen LogP contribution in [0.25, 0.3) is 55.0 Å². The third-order valence-electron chi connectivity index (χ3n) is 9.62. The molecule has 0 saturated carbocycles. The molecule has 8 aromatic rings. The Morgan fingerprint density at radius 2 is 1.18 bits per heavy atom. The number of fused-ring (bicyclic) bond motifs is 8. The first-order chi connectivity index (χ1) is 22.1. The normalized spacial score (nSPS) is 13.3. The fourth-order valence-corrected chi connectivity index (χ4v) is 7.38. The van der Waals surface area contributed by atoms with Crippen LogP contribution in [0.2, 0.25) is 0 Å². The molecule has 0 unspecified atom stereocenters. The smallest absolute Gasteiger partial charge is 0.136 e. The Kier molecular flexibility index (Phi) is 5.58. The molecule has 1 aliphatic carbocycles. The van der Waals surface area contributed by atoms with Crippen molar-refractivity contribution in [1.29, 1.82) is 0 Å². The second-order valence-electron chi connectivity index (χ2n) is 12.6. The molecule has 0 atom stereocenters. The van der Waals surface area contributed by atoms with E-state index in [1.165, 1.54) is 54.9 Å². The summed E-state index contributed by atoms with van der Waals surface area (Å²) in [4.78, 5) is 2.38. The van der Waals surface area contributed by atoms with Crippen LogP contribution < -0.4 is 4.90 Å². The maximum Gasteiger partial charge on any atom is 0.136 e. The predicted octanol–water partition coefficient (Wildman–Crippen LogP) is 12.2. The molecule has 0 bridgehead atoms. The maximum absolute atomic E-state index is 6.30. The van der Waals surface area contributed by atoms with Gasteiger partial charge < -0.3 is 9.32 Å². The van der Waals surface area contributed by atoms with Crippen LogP contribution >= 0.6 is 0 Å². The summed E-state index contributed by atoms with van der Waals surface area (Å²) >= 11 is 0. The fourth-order valence-electron chi connectivity index (χ4n) is 7.38. The van der Waals surface area contributed by atoms with Gasteiger partial charge in [-0.05, 0) is 98.8 Å². The molecule has 1 aromatic heterocycles. The number of hydrogen-bond acceptors (Lipinski definition) is 2. The van der Waals surface area contributed by atoms with E-state index in [0.29, 0.717) is 0 Å². The summed E-state index contributed by atoms with van der Waals surface area (Å²) in [6.07, 6.45) is 0. The number of anilines is 3. The van der Waals surface area contributed by atoms with Gasteiger partial charge in [-0.3, -0.25) is 0 Å². The van der Waals surface area contributed by atoms with E-state index in [9.17, 15) is 0 Å². The van der Waals surface area contributed by atoms with E-state index in [1.807, 2.05) is 6.07 Å². The lowest BCUT2D eigenvalue weighted by atomic mass is 9.82. The molecule has 1 heterocycles. The Hall–Kier alpha value is -5.60. The van der Waals surface area contributed by atoms with Crippen molar-refractivity contribution >= 4 is 49.8 Å². The van der Waals surface area contributed by atoms with Crippen LogP contribution in [0.15, 0.2) is 156 Å². The highest BCUT2D eigenvalue weighted by Gasteiger charge is 2.38. The molecule has 7 aromatic carbocycles. The first kappa shape index (κ1) is 25.9. The minimum atomic E-state index is -0.160. The molecule has 0 aliphatic heterocycles. The zero-order chi connectivity index (χ0) is 30.1. The molecule has 2 heteroatoms. The van der Waals surface area contributed by atoms with Crippen molar-refractivity contribution in [3.63, 3.8) is 0 Å². The zero-order valence-corrected chi connectivity index (χ0v) is 25.3. The van der Waals surface area contributed by atoms with Crippen LogP contribution in [0.4, 0.5) is 17.1 Å². The van der Waals surface area contributed by atoms with Gasteiger partial charge in [0, 0.05) is 33.2 Å². The average Bonchev–Trinajstić information content (AvgIpc) is 3.57. The molecular weight excluding hydrogens is 546 g/mol. The summed E-state index contributed by atoms with van der Waals surface area (Å²) in [6, 6.07) is 54.7. The number of rotatable bonds is 4. The molecule has 0 radical (unpaired) electrons. The van der Waals surface area contributed by atoms with Crippen LogP contribution in [0.3, 0.4) is 0 Å². The molecule has 214 valence electrons. The molecular formula is C43H31NO. The van der Waals surface area contributed by atoms with Crippen molar-refractivity contribution in [3.05, 3.63) is 163 Å². The van der Waals surface area contributed by atoms with E-state index in [1.54, 1.807) is 0 Å². The van der Waals surface area contributed by atoms with E-state index < -0.39 is 0 Å². The third kappa shape index (κ3) is 3.96. The highest BCUT2D eigenvalue weighted by molar-refractivity contribution is 6.15. The molecule has 0 spiro atoms. The van der Waals surface area contributed by atoms with Gasteiger partial charge in [0.05, 0.1) is 0 Å². The number of para-hydroxylation sites is 2. The summed E-state index contributed by atoms with van der Waals surface area (Å²) in [6.45, 7) is 4.70. The molecule has 0 saturated heterocycles. The number of hydrogen-bond donors (Lipinski definition) is 0. The van der Waals surface area contributed by atoms with Crippen molar-refractivity contribution in [3.8, 4) is 22.3 Å². The fraction of sp³-hybridized carbons (Fsp3) is 0.0698. The number of nitrogens with zero attached hydrogens (tertiary/aromatic N) is 1. The van der Waals surface area contributed by atoms with E-state index in [2.05, 4.69) is 164 Å². The summed E-state index contributed by atoms with van der Waals surface area (Å²) in [7, 11) is 0. The van der Waals surface area contributed by atoms with E-state index in [-0.39, 0.29) is 5.41 Å². The molecule has 2 nitrogen and oxygen atoms in total. The highest BCUT2D eigenvalue weighted by atomic mass is 16.3. The molecule has 45 heavy (non-hydrogen) atoms. The van der Waals surface area contributed by atoms with E-state index >= 15 is 0 Å². The van der Waals surface area contributed by atoms with Crippen molar-refractivity contribution in [2.75, 3.05) is 4.90 Å². The molecule has 0 fully saturated rings. The van der Waals surface area contributed by atoms with Gasteiger partial charge >= 0.3 is 0 Å². The Balaban J connectivity index is 1.20. The molecule has 0 amide bonds. The number of furan rings is 1. The Morgan fingerprint density at radius 1 is 0.489 bits per heavy atom. The van der Waals surface area contributed by atoms with Gasteiger partial charge in [0.1, 0.15) is 11.2 Å². The summed E-state index contributed by atoms with van der Waals surface area (Å²) in [5.74, 6) is 0. The number of benzene rings is 7. The Labute approximate surface area is 262 Å². The van der Waals surface area contributed by atoms with E-state index in [0.717, 1.165) is 28.2 Å². The van der Waals surface area contributed by atoms with Gasteiger partial charge in [-0.1, -0.05) is 111 Å². The summed E-state index contributed by atoms with van der Waals surface area (Å²) < 4.78 is 6.30. The van der Waals surface area contributed by atoms with Gasteiger partial charge in [0.2, 0.25) is 0 Å². The predicted molar refractivity (Wildman–Crippen MR) is 189 cm³/mol. The van der Waals surface area contributed by atoms with Crippen LogP contribution in [-0.2, 0) is 5.41 Å². The van der Waals surface area contributed by atoms with Crippen molar-refractivity contribution in [1.82, 2.24) is 0 Å². The standard InChI is InChI=1S/C43H31NO/c1-43(2)37-23-24-40-42(36-15-9-10-16-39(36)45-40)41(37)35-22-21-34(27-38(35)43)44(32-13-7-4-8-14-32)33-20-19-30-25-29(17-18-31(30)26-33)28-11-5-3-6-12-28/h3-27H,1-2H3. The second-order valence-corrected chi connectivity index (χ2v) is 12.6. The molecule has 1 aliphatic rings. The first-order valence-electron chi connectivity index (χ1n) is 15.6. The van der Waals surface area contributed by atoms with Crippen molar-refractivity contribution < 1.29 is 4.42 Å².